The number of carbonyl (C=O) groups excluding carboxylic acids is 1. The number of imidazole rings is 1. The van der Waals surface area contributed by atoms with Gasteiger partial charge in [-0.05, 0) is 12.8 Å². The van der Waals surface area contributed by atoms with Crippen molar-refractivity contribution in [3.63, 3.8) is 0 Å². The van der Waals surface area contributed by atoms with E-state index in [1.165, 1.54) is 19.4 Å². The van der Waals surface area contributed by atoms with Crippen LogP contribution in [0.3, 0.4) is 0 Å². The summed E-state index contributed by atoms with van der Waals surface area (Å²) in [6, 6.07) is -0.836. The lowest BCUT2D eigenvalue weighted by Crippen LogP contribution is -2.45. The van der Waals surface area contributed by atoms with Crippen molar-refractivity contribution in [3.8, 4) is 0 Å². The highest BCUT2D eigenvalue weighted by atomic mass is 32.2. The Balaban J connectivity index is 2.59. The van der Waals surface area contributed by atoms with Gasteiger partial charge in [-0.15, -0.1) is 0 Å². The molecule has 18 heavy (non-hydrogen) atoms. The third-order valence-electron chi connectivity index (χ3n) is 2.17. The Labute approximate surface area is 106 Å². The maximum Gasteiger partial charge on any atom is 0.258 e. The molecule has 0 fully saturated rings. The van der Waals surface area contributed by atoms with Crippen molar-refractivity contribution in [2.75, 3.05) is 6.54 Å². The number of carbonyl (C=O) groups is 1. The van der Waals surface area contributed by atoms with E-state index in [4.69, 9.17) is 0 Å². The number of hydrogen-bond donors (Lipinski definition) is 3. The summed E-state index contributed by atoms with van der Waals surface area (Å²) in [5.41, 5.74) is 0. The quantitative estimate of drug-likeness (QED) is 0.671. The monoisotopic (exact) mass is 274 g/mol. The van der Waals surface area contributed by atoms with Crippen molar-refractivity contribution in [1.29, 1.82) is 0 Å². The molecular formula is C10H18N4O3S. The van der Waals surface area contributed by atoms with E-state index in [0.717, 1.165) is 0 Å². The smallest absolute Gasteiger partial charge is 0.258 e. The van der Waals surface area contributed by atoms with Gasteiger partial charge in [-0.3, -0.25) is 4.79 Å². The Morgan fingerprint density at radius 3 is 2.61 bits per heavy atom. The van der Waals surface area contributed by atoms with E-state index in [9.17, 15) is 13.2 Å². The van der Waals surface area contributed by atoms with E-state index in [2.05, 4.69) is 20.0 Å². The Kier molecular flexibility index (Phi) is 4.85. The van der Waals surface area contributed by atoms with Crippen molar-refractivity contribution in [2.45, 2.75) is 31.8 Å². The average Bonchev–Trinajstić information content (AvgIpc) is 2.79. The molecule has 1 unspecified atom stereocenters. The zero-order chi connectivity index (χ0) is 13.8. The molecule has 0 radical (unpaired) electrons. The zero-order valence-electron chi connectivity index (χ0n) is 10.6. The highest BCUT2D eigenvalue weighted by Gasteiger charge is 2.22. The normalized spacial score (nSPS) is 13.6. The van der Waals surface area contributed by atoms with Gasteiger partial charge in [0.1, 0.15) is 0 Å². The van der Waals surface area contributed by atoms with E-state index in [0.29, 0.717) is 12.5 Å². The van der Waals surface area contributed by atoms with Crippen molar-refractivity contribution < 1.29 is 13.2 Å². The summed E-state index contributed by atoms with van der Waals surface area (Å²) in [4.78, 5) is 17.7. The van der Waals surface area contributed by atoms with Crippen LogP contribution in [-0.2, 0) is 14.8 Å². The fraction of sp³-hybridized carbons (Fsp3) is 0.600. The summed E-state index contributed by atoms with van der Waals surface area (Å²) in [7, 11) is -3.73. The standard InChI is InChI=1S/C10H18N4O3S/c1-7(2)4-12-10(15)8(3)14-18(16,17)9-5-11-6-13-9/h5-8,14H,4H2,1-3H3,(H,11,13)(H,12,15). The molecule has 0 aliphatic rings. The average molecular weight is 274 g/mol. The number of H-pyrrole nitrogens is 1. The molecule has 0 bridgehead atoms. The lowest BCUT2D eigenvalue weighted by atomic mass is 10.2. The lowest BCUT2D eigenvalue weighted by molar-refractivity contribution is -0.122. The van der Waals surface area contributed by atoms with Crippen LogP contribution in [-0.4, -0.2) is 36.9 Å². The number of aromatic nitrogens is 2. The molecule has 1 aromatic rings. The first-order chi connectivity index (χ1) is 8.33. The highest BCUT2D eigenvalue weighted by molar-refractivity contribution is 7.89. The lowest BCUT2D eigenvalue weighted by Gasteiger charge is -2.14. The number of rotatable bonds is 6. The minimum Gasteiger partial charge on any atom is -0.354 e. The fourth-order valence-corrected chi connectivity index (χ4v) is 2.30. The van der Waals surface area contributed by atoms with Gasteiger partial charge in [-0.2, -0.15) is 4.72 Å². The molecule has 0 spiro atoms. The molecular weight excluding hydrogens is 256 g/mol. The molecule has 1 heterocycles. The second-order valence-corrected chi connectivity index (χ2v) is 6.08. The molecule has 3 N–H and O–H groups in total. The largest absolute Gasteiger partial charge is 0.354 e. The van der Waals surface area contributed by atoms with Crippen LogP contribution < -0.4 is 10.0 Å². The molecule has 0 saturated carbocycles. The summed E-state index contributed by atoms with van der Waals surface area (Å²) < 4.78 is 25.8. The van der Waals surface area contributed by atoms with Crippen LogP contribution >= 0.6 is 0 Å². The van der Waals surface area contributed by atoms with Crippen LogP contribution in [0.15, 0.2) is 17.6 Å². The van der Waals surface area contributed by atoms with Gasteiger partial charge in [0.15, 0.2) is 5.03 Å². The molecule has 1 amide bonds. The molecule has 0 aromatic carbocycles. The third-order valence-corrected chi connectivity index (χ3v) is 3.64. The van der Waals surface area contributed by atoms with Gasteiger partial charge in [0.05, 0.1) is 18.6 Å². The summed E-state index contributed by atoms with van der Waals surface area (Å²) in [5.74, 6) is -0.0443. The maximum absolute atomic E-state index is 11.8. The molecule has 0 saturated heterocycles. The minimum atomic E-state index is -3.73. The maximum atomic E-state index is 11.8. The summed E-state index contributed by atoms with van der Waals surface area (Å²) >= 11 is 0. The molecule has 102 valence electrons. The fourth-order valence-electron chi connectivity index (χ4n) is 1.20. The molecule has 7 nitrogen and oxygen atoms in total. The Morgan fingerprint density at radius 1 is 1.44 bits per heavy atom. The van der Waals surface area contributed by atoms with E-state index in [1.54, 1.807) is 0 Å². The first kappa shape index (κ1) is 14.7. The molecule has 1 aromatic heterocycles. The summed E-state index contributed by atoms with van der Waals surface area (Å²) in [5, 5.41) is 2.59. The highest BCUT2D eigenvalue weighted by Crippen LogP contribution is 2.03. The van der Waals surface area contributed by atoms with Crippen molar-refractivity contribution >= 4 is 15.9 Å². The van der Waals surface area contributed by atoms with Gasteiger partial charge in [0.25, 0.3) is 10.0 Å². The number of sulfonamides is 1. The predicted octanol–water partition coefficient (Wildman–Crippen LogP) is -0.151. The van der Waals surface area contributed by atoms with Gasteiger partial charge in [0.2, 0.25) is 5.91 Å². The van der Waals surface area contributed by atoms with Gasteiger partial charge in [0, 0.05) is 6.54 Å². The topological polar surface area (TPSA) is 104 Å². The summed E-state index contributed by atoms with van der Waals surface area (Å²) in [6.45, 7) is 5.91. The number of amides is 1. The molecule has 1 rings (SSSR count). The third kappa shape index (κ3) is 4.11. The number of nitrogens with zero attached hydrogens (tertiary/aromatic N) is 1. The first-order valence-electron chi connectivity index (χ1n) is 5.61. The first-order valence-corrected chi connectivity index (χ1v) is 7.09. The van der Waals surface area contributed by atoms with Crippen molar-refractivity contribution in [2.24, 2.45) is 5.92 Å². The Bertz CT molecular complexity index is 481. The van der Waals surface area contributed by atoms with Crippen LogP contribution in [0.4, 0.5) is 0 Å². The van der Waals surface area contributed by atoms with E-state index < -0.39 is 16.1 Å². The van der Waals surface area contributed by atoms with Gasteiger partial charge >= 0.3 is 0 Å². The van der Waals surface area contributed by atoms with Crippen LogP contribution in [0.1, 0.15) is 20.8 Å². The van der Waals surface area contributed by atoms with E-state index in [1.807, 2.05) is 13.8 Å². The molecule has 8 heteroatoms. The molecule has 0 aliphatic carbocycles. The predicted molar refractivity (Wildman–Crippen MR) is 66.2 cm³/mol. The number of hydrogen-bond acceptors (Lipinski definition) is 4. The van der Waals surface area contributed by atoms with Crippen molar-refractivity contribution in [3.05, 3.63) is 12.5 Å². The second-order valence-electron chi connectivity index (χ2n) is 4.40. The Hall–Kier alpha value is -1.41. The minimum absolute atomic E-state index is 0.0639. The van der Waals surface area contributed by atoms with Crippen LogP contribution in [0.25, 0.3) is 0 Å². The van der Waals surface area contributed by atoms with Crippen LogP contribution in [0.2, 0.25) is 0 Å². The van der Waals surface area contributed by atoms with E-state index in [-0.39, 0.29) is 10.9 Å². The molecule has 0 aliphatic heterocycles. The van der Waals surface area contributed by atoms with Crippen LogP contribution in [0, 0.1) is 5.92 Å². The van der Waals surface area contributed by atoms with E-state index >= 15 is 0 Å². The second kappa shape index (κ2) is 5.96. The number of nitrogens with one attached hydrogen (secondary N) is 3. The SMILES string of the molecule is CC(C)CNC(=O)C(C)NS(=O)(=O)c1cnc[nH]1. The number of aromatic amines is 1. The molecule has 1 atom stereocenters. The summed E-state index contributed by atoms with van der Waals surface area (Å²) in [6.07, 6.45) is 2.44. The van der Waals surface area contributed by atoms with Gasteiger partial charge < -0.3 is 10.3 Å². The van der Waals surface area contributed by atoms with Crippen molar-refractivity contribution in [1.82, 2.24) is 20.0 Å². The zero-order valence-corrected chi connectivity index (χ0v) is 11.4. The Morgan fingerprint density at radius 2 is 2.11 bits per heavy atom. The van der Waals surface area contributed by atoms with Gasteiger partial charge in [-0.1, -0.05) is 13.8 Å². The van der Waals surface area contributed by atoms with Gasteiger partial charge in [-0.25, -0.2) is 13.4 Å². The van der Waals surface area contributed by atoms with Crippen LogP contribution in [0.5, 0.6) is 0 Å².